The van der Waals surface area contributed by atoms with Crippen LogP contribution in [0.3, 0.4) is 0 Å². The first kappa shape index (κ1) is 16.5. The lowest BCUT2D eigenvalue weighted by atomic mass is 10.2. The fourth-order valence-corrected chi connectivity index (χ4v) is 4.01. The van der Waals surface area contributed by atoms with Crippen molar-refractivity contribution in [2.75, 3.05) is 13.1 Å². The van der Waals surface area contributed by atoms with E-state index in [1.165, 1.54) is 12.8 Å². The van der Waals surface area contributed by atoms with Crippen molar-refractivity contribution in [1.82, 2.24) is 24.1 Å². The van der Waals surface area contributed by atoms with Gasteiger partial charge in [-0.1, -0.05) is 29.8 Å². The van der Waals surface area contributed by atoms with Crippen LogP contribution in [-0.4, -0.2) is 37.2 Å². The summed E-state index contributed by atoms with van der Waals surface area (Å²) in [5, 5.41) is 10.1. The Labute approximate surface area is 160 Å². The van der Waals surface area contributed by atoms with Crippen LogP contribution in [-0.2, 0) is 6.54 Å². The fraction of sp³-hybridized carbons (Fsp3) is 0.250. The molecular formula is C20H18ClN5O. The SMILES string of the molecule is O=c1n(-c2ccccc2)c2cc(Cl)ccc2c2nnc(CN3CCCC3)n12. The quantitative estimate of drug-likeness (QED) is 0.548. The number of para-hydroxylation sites is 1. The number of nitrogens with zero attached hydrogens (tertiary/aromatic N) is 5. The lowest BCUT2D eigenvalue weighted by Gasteiger charge is -2.15. The number of benzene rings is 2. The number of hydrogen-bond donors (Lipinski definition) is 0. The molecule has 0 bridgehead atoms. The minimum Gasteiger partial charge on any atom is -0.296 e. The minimum atomic E-state index is -0.176. The molecule has 0 N–H and O–H groups in total. The molecule has 2 aromatic carbocycles. The summed E-state index contributed by atoms with van der Waals surface area (Å²) >= 11 is 6.24. The summed E-state index contributed by atoms with van der Waals surface area (Å²) in [5.74, 6) is 0.679. The second kappa shape index (κ2) is 6.48. The normalized spacial score (nSPS) is 15.1. The van der Waals surface area contributed by atoms with E-state index < -0.39 is 0 Å². The average Bonchev–Trinajstić information content (AvgIpc) is 3.33. The molecule has 1 aliphatic heterocycles. The summed E-state index contributed by atoms with van der Waals surface area (Å²) in [6, 6.07) is 15.1. The van der Waals surface area contributed by atoms with Gasteiger partial charge >= 0.3 is 5.69 Å². The molecule has 0 aliphatic carbocycles. The first-order chi connectivity index (χ1) is 13.2. The predicted octanol–water partition coefficient (Wildman–Crippen LogP) is 3.28. The van der Waals surface area contributed by atoms with Gasteiger partial charge in [0.05, 0.1) is 17.7 Å². The maximum atomic E-state index is 13.5. The Kier molecular flexibility index (Phi) is 3.95. The van der Waals surface area contributed by atoms with Crippen LogP contribution in [0.2, 0.25) is 5.02 Å². The molecule has 2 aromatic heterocycles. The smallest absolute Gasteiger partial charge is 0.296 e. The van der Waals surface area contributed by atoms with Crippen molar-refractivity contribution in [1.29, 1.82) is 0 Å². The Morgan fingerprint density at radius 1 is 1.00 bits per heavy atom. The van der Waals surface area contributed by atoms with Gasteiger partial charge in [0.1, 0.15) is 0 Å². The molecule has 1 saturated heterocycles. The van der Waals surface area contributed by atoms with Crippen molar-refractivity contribution < 1.29 is 0 Å². The first-order valence-electron chi connectivity index (χ1n) is 9.08. The van der Waals surface area contributed by atoms with E-state index >= 15 is 0 Å². The number of aromatic nitrogens is 4. The van der Waals surface area contributed by atoms with Crippen LogP contribution < -0.4 is 5.69 Å². The monoisotopic (exact) mass is 379 g/mol. The molecule has 27 heavy (non-hydrogen) atoms. The Morgan fingerprint density at radius 2 is 1.78 bits per heavy atom. The fourth-order valence-electron chi connectivity index (χ4n) is 3.84. The summed E-state index contributed by atoms with van der Waals surface area (Å²) in [4.78, 5) is 15.8. The maximum absolute atomic E-state index is 13.5. The molecule has 0 atom stereocenters. The van der Waals surface area contributed by atoms with Gasteiger partial charge in [-0.05, 0) is 56.3 Å². The molecule has 0 spiro atoms. The molecule has 4 aromatic rings. The third-order valence-corrected chi connectivity index (χ3v) is 5.37. The van der Waals surface area contributed by atoms with Crippen molar-refractivity contribution in [2.45, 2.75) is 19.4 Å². The second-order valence-electron chi connectivity index (χ2n) is 6.87. The molecule has 0 unspecified atom stereocenters. The molecule has 0 radical (unpaired) electrons. The highest BCUT2D eigenvalue weighted by Crippen LogP contribution is 2.24. The third kappa shape index (κ3) is 2.72. The molecule has 0 amide bonds. The summed E-state index contributed by atoms with van der Waals surface area (Å²) in [6.07, 6.45) is 2.37. The van der Waals surface area contributed by atoms with Gasteiger partial charge in [-0.3, -0.25) is 9.47 Å². The zero-order valence-corrected chi connectivity index (χ0v) is 15.4. The van der Waals surface area contributed by atoms with Crippen LogP contribution in [0.15, 0.2) is 53.3 Å². The zero-order valence-electron chi connectivity index (χ0n) is 14.7. The molecule has 7 heteroatoms. The average molecular weight is 380 g/mol. The van der Waals surface area contributed by atoms with E-state index in [0.717, 1.165) is 29.7 Å². The number of likely N-dealkylation sites (tertiary alicyclic amines) is 1. The van der Waals surface area contributed by atoms with Gasteiger partial charge in [-0.25, -0.2) is 9.20 Å². The molecule has 1 fully saturated rings. The first-order valence-corrected chi connectivity index (χ1v) is 9.46. The van der Waals surface area contributed by atoms with E-state index in [0.29, 0.717) is 23.0 Å². The summed E-state index contributed by atoms with van der Waals surface area (Å²) < 4.78 is 3.33. The molecule has 0 saturated carbocycles. The van der Waals surface area contributed by atoms with Crippen molar-refractivity contribution in [3.05, 3.63) is 69.9 Å². The van der Waals surface area contributed by atoms with Crippen LogP contribution in [0.25, 0.3) is 22.2 Å². The summed E-state index contributed by atoms with van der Waals surface area (Å²) in [7, 11) is 0. The number of halogens is 1. The maximum Gasteiger partial charge on any atom is 0.340 e. The van der Waals surface area contributed by atoms with Crippen LogP contribution in [0.1, 0.15) is 18.7 Å². The van der Waals surface area contributed by atoms with Crippen LogP contribution in [0, 0.1) is 0 Å². The van der Waals surface area contributed by atoms with Gasteiger partial charge in [0.15, 0.2) is 11.5 Å². The number of hydrogen-bond acceptors (Lipinski definition) is 4. The Bertz CT molecular complexity index is 1190. The largest absolute Gasteiger partial charge is 0.340 e. The Balaban J connectivity index is 1.83. The third-order valence-electron chi connectivity index (χ3n) is 5.13. The highest BCUT2D eigenvalue weighted by atomic mass is 35.5. The van der Waals surface area contributed by atoms with Crippen molar-refractivity contribution in [3.63, 3.8) is 0 Å². The van der Waals surface area contributed by atoms with E-state index in [2.05, 4.69) is 15.1 Å². The van der Waals surface area contributed by atoms with Crippen molar-refractivity contribution in [3.8, 4) is 5.69 Å². The second-order valence-corrected chi connectivity index (χ2v) is 7.31. The lowest BCUT2D eigenvalue weighted by molar-refractivity contribution is 0.320. The molecule has 3 heterocycles. The zero-order chi connectivity index (χ0) is 18.4. The van der Waals surface area contributed by atoms with Crippen molar-refractivity contribution in [2.24, 2.45) is 0 Å². The van der Waals surface area contributed by atoms with Gasteiger partial charge in [-0.2, -0.15) is 0 Å². The Morgan fingerprint density at radius 3 is 2.56 bits per heavy atom. The van der Waals surface area contributed by atoms with E-state index in [4.69, 9.17) is 11.6 Å². The van der Waals surface area contributed by atoms with Gasteiger partial charge in [0.2, 0.25) is 0 Å². The van der Waals surface area contributed by atoms with E-state index in [1.807, 2.05) is 42.5 Å². The number of rotatable bonds is 3. The van der Waals surface area contributed by atoms with Gasteiger partial charge in [-0.15, -0.1) is 10.2 Å². The Hall–Kier alpha value is -2.70. The highest BCUT2D eigenvalue weighted by Gasteiger charge is 2.20. The van der Waals surface area contributed by atoms with E-state index in [9.17, 15) is 4.79 Å². The highest BCUT2D eigenvalue weighted by molar-refractivity contribution is 6.31. The topological polar surface area (TPSA) is 55.4 Å². The van der Waals surface area contributed by atoms with Gasteiger partial charge in [0, 0.05) is 10.4 Å². The van der Waals surface area contributed by atoms with E-state index in [1.54, 1.807) is 15.0 Å². The predicted molar refractivity (Wildman–Crippen MR) is 106 cm³/mol. The minimum absolute atomic E-state index is 0.176. The number of fused-ring (bicyclic) bond motifs is 3. The summed E-state index contributed by atoms with van der Waals surface area (Å²) in [6.45, 7) is 2.69. The van der Waals surface area contributed by atoms with Gasteiger partial charge < -0.3 is 0 Å². The molecule has 136 valence electrons. The molecule has 5 rings (SSSR count). The molecule has 1 aliphatic rings. The van der Waals surface area contributed by atoms with E-state index in [-0.39, 0.29) is 5.69 Å². The summed E-state index contributed by atoms with van der Waals surface area (Å²) in [5.41, 5.74) is 1.92. The van der Waals surface area contributed by atoms with Crippen molar-refractivity contribution >= 4 is 28.2 Å². The molecule has 6 nitrogen and oxygen atoms in total. The van der Waals surface area contributed by atoms with Crippen LogP contribution >= 0.6 is 11.6 Å². The van der Waals surface area contributed by atoms with Gasteiger partial charge in [0.25, 0.3) is 0 Å². The standard InChI is InChI=1S/C20H18ClN5O/c21-14-8-9-16-17(12-14)25(15-6-2-1-3-7-15)20(27)26-18(22-23-19(16)26)13-24-10-4-5-11-24/h1-3,6-9,12H,4-5,10-11,13H2. The molecular weight excluding hydrogens is 362 g/mol. The van der Waals surface area contributed by atoms with Crippen LogP contribution in [0.5, 0.6) is 0 Å². The van der Waals surface area contributed by atoms with Crippen LogP contribution in [0.4, 0.5) is 0 Å². The lowest BCUT2D eigenvalue weighted by Crippen LogP contribution is -2.29.